The summed E-state index contributed by atoms with van der Waals surface area (Å²) in [5.74, 6) is 0.839. The number of hydrogen-bond acceptors (Lipinski definition) is 3. The van der Waals surface area contributed by atoms with Gasteiger partial charge in [0.2, 0.25) is 0 Å². The van der Waals surface area contributed by atoms with Gasteiger partial charge >= 0.3 is 6.09 Å². The molecule has 5 nitrogen and oxygen atoms in total. The van der Waals surface area contributed by atoms with E-state index in [4.69, 9.17) is 10.8 Å². The molecule has 1 aliphatic carbocycles. The molecule has 1 unspecified atom stereocenters. The summed E-state index contributed by atoms with van der Waals surface area (Å²) in [6.45, 7) is 4.85. The number of carboxylic acid groups (broad SMARTS) is 1. The maximum absolute atomic E-state index is 11.1. The lowest BCUT2D eigenvalue weighted by Gasteiger charge is -2.38. The van der Waals surface area contributed by atoms with Crippen LogP contribution < -0.4 is 5.73 Å². The first-order chi connectivity index (χ1) is 11.0. The molecule has 0 spiro atoms. The fourth-order valence-corrected chi connectivity index (χ4v) is 3.41. The maximum Gasteiger partial charge on any atom is 0.407 e. The third kappa shape index (κ3) is 4.03. The van der Waals surface area contributed by atoms with Crippen LogP contribution in [0.1, 0.15) is 49.4 Å². The largest absolute Gasteiger partial charge is 0.465 e. The monoisotopic (exact) mass is 317 g/mol. The van der Waals surface area contributed by atoms with Gasteiger partial charge in [-0.3, -0.25) is 4.90 Å². The van der Waals surface area contributed by atoms with Crippen molar-refractivity contribution >= 4 is 6.09 Å². The lowest BCUT2D eigenvalue weighted by molar-refractivity contribution is 0.0805. The van der Waals surface area contributed by atoms with Crippen molar-refractivity contribution in [2.24, 2.45) is 11.7 Å². The Morgan fingerprint density at radius 3 is 2.22 bits per heavy atom. The van der Waals surface area contributed by atoms with E-state index in [9.17, 15) is 4.79 Å². The van der Waals surface area contributed by atoms with Gasteiger partial charge in [-0.25, -0.2) is 4.79 Å². The summed E-state index contributed by atoms with van der Waals surface area (Å²) in [7, 11) is 0. The topological polar surface area (TPSA) is 69.8 Å². The molecule has 0 radical (unpaired) electrons. The summed E-state index contributed by atoms with van der Waals surface area (Å²) in [6, 6.07) is 9.14. The fraction of sp³-hybridized carbons (Fsp3) is 0.611. The van der Waals surface area contributed by atoms with Gasteiger partial charge in [0.25, 0.3) is 0 Å². The summed E-state index contributed by atoms with van der Waals surface area (Å²) in [4.78, 5) is 15.1. The molecule has 0 bridgehead atoms. The SMILES string of the molecule is C[C@H](N)c1ccc(C(CC2CC2)N2CCN(C(=O)O)CC2)cc1. The van der Waals surface area contributed by atoms with Gasteiger partial charge in [0, 0.05) is 38.3 Å². The quantitative estimate of drug-likeness (QED) is 0.876. The molecule has 2 fully saturated rings. The van der Waals surface area contributed by atoms with Crippen LogP contribution in [0.4, 0.5) is 4.79 Å². The van der Waals surface area contributed by atoms with E-state index in [0.717, 1.165) is 24.6 Å². The van der Waals surface area contributed by atoms with E-state index in [2.05, 4.69) is 29.2 Å². The zero-order chi connectivity index (χ0) is 16.4. The van der Waals surface area contributed by atoms with Crippen LogP contribution in [0.3, 0.4) is 0 Å². The number of piperazine rings is 1. The second kappa shape index (κ2) is 6.89. The molecule has 3 N–H and O–H groups in total. The van der Waals surface area contributed by atoms with Crippen molar-refractivity contribution in [1.29, 1.82) is 0 Å². The molecule has 2 aliphatic rings. The van der Waals surface area contributed by atoms with Gasteiger partial charge in [-0.05, 0) is 30.4 Å². The summed E-state index contributed by atoms with van der Waals surface area (Å²) < 4.78 is 0. The Bertz CT molecular complexity index is 532. The summed E-state index contributed by atoms with van der Waals surface area (Å²) in [5.41, 5.74) is 8.45. The Kier molecular flexibility index (Phi) is 4.87. The van der Waals surface area contributed by atoms with Gasteiger partial charge in [-0.1, -0.05) is 37.1 Å². The minimum absolute atomic E-state index is 0.0602. The zero-order valence-electron chi connectivity index (χ0n) is 13.8. The average molecular weight is 317 g/mol. The van der Waals surface area contributed by atoms with Gasteiger partial charge in [-0.15, -0.1) is 0 Å². The molecule has 3 rings (SSSR count). The van der Waals surface area contributed by atoms with Gasteiger partial charge in [0.05, 0.1) is 0 Å². The lowest BCUT2D eigenvalue weighted by atomic mass is 9.96. The van der Waals surface area contributed by atoms with Crippen LogP contribution in [0.25, 0.3) is 0 Å². The second-order valence-corrected chi connectivity index (χ2v) is 6.96. The van der Waals surface area contributed by atoms with Crippen molar-refractivity contribution in [2.45, 2.75) is 38.3 Å². The van der Waals surface area contributed by atoms with Crippen LogP contribution in [0.5, 0.6) is 0 Å². The normalized spacial score (nSPS) is 21.9. The molecule has 1 saturated heterocycles. The molecule has 1 aliphatic heterocycles. The lowest BCUT2D eigenvalue weighted by Crippen LogP contribution is -2.49. The molecule has 1 saturated carbocycles. The zero-order valence-corrected chi connectivity index (χ0v) is 13.8. The highest BCUT2D eigenvalue weighted by Crippen LogP contribution is 2.40. The van der Waals surface area contributed by atoms with E-state index in [1.54, 1.807) is 0 Å². The highest BCUT2D eigenvalue weighted by atomic mass is 16.4. The summed E-state index contributed by atoms with van der Waals surface area (Å²) >= 11 is 0. The van der Waals surface area contributed by atoms with Crippen LogP contribution in [0, 0.1) is 5.92 Å². The van der Waals surface area contributed by atoms with E-state index < -0.39 is 6.09 Å². The molecule has 1 amide bonds. The number of benzene rings is 1. The Morgan fingerprint density at radius 2 is 1.74 bits per heavy atom. The van der Waals surface area contributed by atoms with E-state index in [0.29, 0.717) is 19.1 Å². The minimum Gasteiger partial charge on any atom is -0.465 e. The van der Waals surface area contributed by atoms with Gasteiger partial charge in [0.1, 0.15) is 0 Å². The fourth-order valence-electron chi connectivity index (χ4n) is 3.41. The molecule has 5 heteroatoms. The van der Waals surface area contributed by atoms with Crippen molar-refractivity contribution < 1.29 is 9.90 Å². The molecule has 0 aromatic heterocycles. The first-order valence-corrected chi connectivity index (χ1v) is 8.62. The Hall–Kier alpha value is -1.59. The van der Waals surface area contributed by atoms with Crippen molar-refractivity contribution in [2.75, 3.05) is 26.2 Å². The number of carbonyl (C=O) groups is 1. The van der Waals surface area contributed by atoms with E-state index in [1.165, 1.54) is 29.7 Å². The van der Waals surface area contributed by atoms with E-state index >= 15 is 0 Å². The number of rotatable bonds is 5. The molecule has 2 atom stereocenters. The predicted molar refractivity (Wildman–Crippen MR) is 90.3 cm³/mol. The van der Waals surface area contributed by atoms with Crippen LogP contribution in [-0.4, -0.2) is 47.2 Å². The molecule has 1 aromatic rings. The van der Waals surface area contributed by atoms with Gasteiger partial charge < -0.3 is 15.7 Å². The van der Waals surface area contributed by atoms with Crippen LogP contribution in [-0.2, 0) is 0 Å². The van der Waals surface area contributed by atoms with Crippen molar-refractivity contribution in [1.82, 2.24) is 9.80 Å². The Labute approximate surface area is 138 Å². The average Bonchev–Trinajstić information content (AvgIpc) is 3.37. The predicted octanol–water partition coefficient (Wildman–Crippen LogP) is 2.84. The van der Waals surface area contributed by atoms with E-state index in [1.807, 2.05) is 6.92 Å². The third-order valence-corrected chi connectivity index (χ3v) is 5.13. The van der Waals surface area contributed by atoms with Crippen LogP contribution >= 0.6 is 0 Å². The molecule has 126 valence electrons. The number of hydrogen-bond donors (Lipinski definition) is 2. The first kappa shape index (κ1) is 16.3. The summed E-state index contributed by atoms with van der Waals surface area (Å²) in [6.07, 6.45) is 3.06. The van der Waals surface area contributed by atoms with Gasteiger partial charge in [-0.2, -0.15) is 0 Å². The summed E-state index contributed by atoms with van der Waals surface area (Å²) in [5, 5.41) is 9.11. The molecule has 1 aromatic carbocycles. The highest BCUT2D eigenvalue weighted by Gasteiger charge is 2.32. The molecular formula is C18H27N3O2. The minimum atomic E-state index is -0.801. The maximum atomic E-state index is 11.1. The molecular weight excluding hydrogens is 290 g/mol. The second-order valence-electron chi connectivity index (χ2n) is 6.96. The Morgan fingerprint density at radius 1 is 1.17 bits per heavy atom. The molecule has 23 heavy (non-hydrogen) atoms. The van der Waals surface area contributed by atoms with Gasteiger partial charge in [0.15, 0.2) is 0 Å². The van der Waals surface area contributed by atoms with Crippen molar-refractivity contribution in [3.05, 3.63) is 35.4 Å². The van der Waals surface area contributed by atoms with Crippen LogP contribution in [0.2, 0.25) is 0 Å². The Balaban J connectivity index is 1.71. The molecule has 1 heterocycles. The standard InChI is InChI=1S/C18H27N3O2/c1-13(19)15-4-6-16(7-5-15)17(12-14-2-3-14)20-8-10-21(11-9-20)18(22)23/h4-7,13-14,17H,2-3,8-12,19H2,1H3,(H,22,23)/t13-,17?/m0/s1. The number of nitrogens with two attached hydrogens (primary N) is 1. The number of amides is 1. The highest BCUT2D eigenvalue weighted by molar-refractivity contribution is 5.65. The van der Waals surface area contributed by atoms with Crippen molar-refractivity contribution in [3.63, 3.8) is 0 Å². The first-order valence-electron chi connectivity index (χ1n) is 8.62. The van der Waals surface area contributed by atoms with Crippen molar-refractivity contribution in [3.8, 4) is 0 Å². The van der Waals surface area contributed by atoms with Crippen LogP contribution in [0.15, 0.2) is 24.3 Å². The smallest absolute Gasteiger partial charge is 0.407 e. The van der Waals surface area contributed by atoms with E-state index in [-0.39, 0.29) is 6.04 Å². The third-order valence-electron chi connectivity index (χ3n) is 5.13. The number of nitrogens with zero attached hydrogens (tertiary/aromatic N) is 2.